The Morgan fingerprint density at radius 3 is 2.42 bits per heavy atom. The molecule has 3 N–H and O–H groups in total. The van der Waals surface area contributed by atoms with Gasteiger partial charge in [-0.2, -0.15) is 0 Å². The van der Waals surface area contributed by atoms with Gasteiger partial charge in [0, 0.05) is 6.07 Å². The van der Waals surface area contributed by atoms with Crippen LogP contribution in [0.1, 0.15) is 21.5 Å². The van der Waals surface area contributed by atoms with E-state index in [2.05, 4.69) is 10.0 Å². The minimum absolute atomic E-state index is 0.105. The van der Waals surface area contributed by atoms with Crippen molar-refractivity contribution in [2.45, 2.75) is 11.3 Å². The summed E-state index contributed by atoms with van der Waals surface area (Å²) in [5, 5.41) is 13.5. The highest BCUT2D eigenvalue weighted by molar-refractivity contribution is 7.89. The summed E-state index contributed by atoms with van der Waals surface area (Å²) in [5.41, 5.74) is 2.41. The second kappa shape index (κ2) is 8.05. The number of nitrogens with one attached hydrogen (secondary N) is 2. The van der Waals surface area contributed by atoms with E-state index in [0.29, 0.717) is 27.9 Å². The lowest BCUT2D eigenvalue weighted by Gasteiger charge is -2.24. The van der Waals surface area contributed by atoms with E-state index < -0.39 is 16.0 Å². The molecule has 0 saturated heterocycles. The molecule has 4 rings (SSSR count). The third kappa shape index (κ3) is 4.20. The Bertz CT molecular complexity index is 1330. The van der Waals surface area contributed by atoms with Gasteiger partial charge in [-0.05, 0) is 54.9 Å². The molecule has 1 heterocycles. The second-order valence-corrected chi connectivity index (χ2v) is 9.54. The normalized spacial score (nSPS) is 12.4. The Kier molecular flexibility index (Phi) is 5.57. The quantitative estimate of drug-likeness (QED) is 0.371. The lowest BCUT2D eigenvalue weighted by molar-refractivity contribution is 0.0697. The van der Waals surface area contributed by atoms with E-state index in [1.807, 2.05) is 12.1 Å². The molecule has 0 radical (unpaired) electrons. The maximum atomic E-state index is 12.2. The number of rotatable bonds is 5. The molecular formula is C21H16Cl2N2O5S. The number of halogens is 2. The van der Waals surface area contributed by atoms with Crippen molar-refractivity contribution in [3.8, 4) is 11.5 Å². The van der Waals surface area contributed by atoms with Gasteiger partial charge < -0.3 is 15.2 Å². The molecule has 1 aliphatic heterocycles. The smallest absolute Gasteiger partial charge is 0.338 e. The minimum atomic E-state index is -3.87. The number of fused-ring (bicyclic) bond motifs is 2. The Balaban J connectivity index is 1.71. The van der Waals surface area contributed by atoms with Gasteiger partial charge >= 0.3 is 5.97 Å². The van der Waals surface area contributed by atoms with Gasteiger partial charge in [-0.15, -0.1) is 0 Å². The molecule has 3 aromatic carbocycles. The Morgan fingerprint density at radius 2 is 1.74 bits per heavy atom. The molecule has 0 amide bonds. The SMILES string of the molecule is CNS(=O)(=O)c1cc2c(c(C(=O)O)c1)Nc1ccc(Cc3ccc(Cl)c(Cl)c3)cc1O2. The van der Waals surface area contributed by atoms with Gasteiger partial charge in [-0.25, -0.2) is 17.9 Å². The molecule has 0 aliphatic carbocycles. The summed E-state index contributed by atoms with van der Waals surface area (Å²) in [4.78, 5) is 11.5. The summed E-state index contributed by atoms with van der Waals surface area (Å²) < 4.78 is 32.5. The maximum absolute atomic E-state index is 12.2. The van der Waals surface area contributed by atoms with Gasteiger partial charge in [-0.3, -0.25) is 0 Å². The van der Waals surface area contributed by atoms with Crippen LogP contribution in [0.2, 0.25) is 10.0 Å². The van der Waals surface area contributed by atoms with E-state index in [1.165, 1.54) is 13.1 Å². The Hall–Kier alpha value is -2.78. The number of benzene rings is 3. The van der Waals surface area contributed by atoms with Crippen molar-refractivity contribution in [3.63, 3.8) is 0 Å². The Labute approximate surface area is 188 Å². The number of carbonyl (C=O) groups is 1. The molecule has 7 nitrogen and oxygen atoms in total. The zero-order valence-electron chi connectivity index (χ0n) is 16.1. The average Bonchev–Trinajstić information content (AvgIpc) is 2.74. The molecule has 0 unspecified atom stereocenters. The van der Waals surface area contributed by atoms with Crippen LogP contribution in [-0.4, -0.2) is 26.5 Å². The van der Waals surface area contributed by atoms with Crippen molar-refractivity contribution < 1.29 is 23.1 Å². The molecular weight excluding hydrogens is 463 g/mol. The third-order valence-corrected chi connectivity index (χ3v) is 6.94. The fourth-order valence-corrected chi connectivity index (χ4v) is 4.34. The molecule has 10 heteroatoms. The molecule has 0 fully saturated rings. The van der Waals surface area contributed by atoms with Crippen LogP contribution in [0.15, 0.2) is 53.4 Å². The van der Waals surface area contributed by atoms with E-state index >= 15 is 0 Å². The lowest BCUT2D eigenvalue weighted by Crippen LogP contribution is -2.20. The third-order valence-electron chi connectivity index (χ3n) is 4.80. The van der Waals surface area contributed by atoms with Crippen LogP contribution in [0.3, 0.4) is 0 Å². The highest BCUT2D eigenvalue weighted by atomic mass is 35.5. The zero-order valence-corrected chi connectivity index (χ0v) is 18.4. The van der Waals surface area contributed by atoms with E-state index in [-0.39, 0.29) is 21.9 Å². The van der Waals surface area contributed by atoms with E-state index in [9.17, 15) is 18.3 Å². The number of aromatic carboxylic acids is 1. The number of anilines is 2. The second-order valence-electron chi connectivity index (χ2n) is 6.84. The number of carboxylic acid groups (broad SMARTS) is 1. The molecule has 0 saturated carbocycles. The van der Waals surface area contributed by atoms with Crippen LogP contribution < -0.4 is 14.8 Å². The number of carboxylic acids is 1. The first-order valence-electron chi connectivity index (χ1n) is 9.04. The van der Waals surface area contributed by atoms with Gasteiger partial charge in [0.2, 0.25) is 10.0 Å². The maximum Gasteiger partial charge on any atom is 0.338 e. The number of hydrogen-bond donors (Lipinski definition) is 3. The van der Waals surface area contributed by atoms with Crippen molar-refractivity contribution in [1.82, 2.24) is 4.72 Å². The van der Waals surface area contributed by atoms with Crippen molar-refractivity contribution in [1.29, 1.82) is 0 Å². The number of hydrogen-bond acceptors (Lipinski definition) is 5. The summed E-state index contributed by atoms with van der Waals surface area (Å²) in [5.74, 6) is -0.728. The summed E-state index contributed by atoms with van der Waals surface area (Å²) in [7, 11) is -2.62. The molecule has 0 atom stereocenters. The first-order valence-corrected chi connectivity index (χ1v) is 11.3. The van der Waals surface area contributed by atoms with E-state index in [4.69, 9.17) is 27.9 Å². The predicted molar refractivity (Wildman–Crippen MR) is 119 cm³/mol. The lowest BCUT2D eigenvalue weighted by atomic mass is 10.0. The summed E-state index contributed by atoms with van der Waals surface area (Å²) in [6.07, 6.45) is 0.564. The van der Waals surface area contributed by atoms with Crippen LogP contribution in [0, 0.1) is 0 Å². The topological polar surface area (TPSA) is 105 Å². The van der Waals surface area contributed by atoms with Gasteiger partial charge in [-0.1, -0.05) is 35.3 Å². The molecule has 31 heavy (non-hydrogen) atoms. The van der Waals surface area contributed by atoms with Crippen LogP contribution in [0.25, 0.3) is 0 Å². The molecule has 0 aromatic heterocycles. The van der Waals surface area contributed by atoms with E-state index in [0.717, 1.165) is 17.2 Å². The van der Waals surface area contributed by atoms with Gasteiger partial charge in [0.25, 0.3) is 0 Å². The van der Waals surface area contributed by atoms with Gasteiger partial charge in [0.1, 0.15) is 0 Å². The first kappa shape index (κ1) is 21.5. The van der Waals surface area contributed by atoms with E-state index in [1.54, 1.807) is 24.3 Å². The van der Waals surface area contributed by atoms with Crippen molar-refractivity contribution in [2.75, 3.05) is 12.4 Å². The molecule has 1 aliphatic rings. The average molecular weight is 479 g/mol. The summed E-state index contributed by atoms with van der Waals surface area (Å²) in [6, 6.07) is 13.2. The number of ether oxygens (including phenoxy) is 1. The zero-order chi connectivity index (χ0) is 22.3. The molecule has 0 spiro atoms. The van der Waals surface area contributed by atoms with Crippen molar-refractivity contribution in [2.24, 2.45) is 0 Å². The van der Waals surface area contributed by atoms with Crippen LogP contribution in [0.4, 0.5) is 11.4 Å². The fraction of sp³-hybridized carbons (Fsp3) is 0.0952. The standard InChI is InChI=1S/C21H16Cl2N2O5S/c1-24-31(28,29)13-9-14(21(26)27)20-19(10-13)30-18-8-12(3-5-17(18)25-20)6-11-2-4-15(22)16(23)7-11/h2-5,7-10,24-25H,6H2,1H3,(H,26,27). The van der Waals surface area contributed by atoms with Crippen molar-refractivity contribution in [3.05, 3.63) is 75.3 Å². The van der Waals surface area contributed by atoms with Gasteiger partial charge in [0.15, 0.2) is 11.5 Å². The highest BCUT2D eigenvalue weighted by Gasteiger charge is 2.27. The van der Waals surface area contributed by atoms with Crippen LogP contribution in [0.5, 0.6) is 11.5 Å². The first-order chi connectivity index (χ1) is 14.7. The largest absolute Gasteiger partial charge is 0.478 e. The fourth-order valence-electron chi connectivity index (χ4n) is 3.24. The minimum Gasteiger partial charge on any atom is -0.478 e. The Morgan fingerprint density at radius 1 is 1.03 bits per heavy atom. The van der Waals surface area contributed by atoms with Gasteiger partial charge in [0.05, 0.1) is 31.9 Å². The monoisotopic (exact) mass is 478 g/mol. The molecule has 3 aromatic rings. The van der Waals surface area contributed by atoms with Crippen LogP contribution in [-0.2, 0) is 16.4 Å². The predicted octanol–water partition coefficient (Wildman–Crippen LogP) is 5.04. The summed E-state index contributed by atoms with van der Waals surface area (Å²) in [6.45, 7) is 0. The number of sulfonamides is 1. The molecule has 160 valence electrons. The highest BCUT2D eigenvalue weighted by Crippen LogP contribution is 2.45. The molecule has 0 bridgehead atoms. The van der Waals surface area contributed by atoms with Crippen LogP contribution >= 0.6 is 23.2 Å². The summed E-state index contributed by atoms with van der Waals surface area (Å²) >= 11 is 12.1. The van der Waals surface area contributed by atoms with Crippen molar-refractivity contribution >= 4 is 50.6 Å².